The third-order valence-electron chi connectivity index (χ3n) is 5.13. The zero-order chi connectivity index (χ0) is 19.5. The number of nitrogens with zero attached hydrogens (tertiary/aromatic N) is 1. The molecule has 5 radical (unpaired) electrons. The topological polar surface area (TPSA) is 21.6 Å². The molecule has 3 heteroatoms. The van der Waals surface area contributed by atoms with Crippen molar-refractivity contribution >= 4 is 29.7 Å². The van der Waals surface area contributed by atoms with Crippen molar-refractivity contribution in [3.05, 3.63) is 122 Å². The number of benzene rings is 3. The van der Waals surface area contributed by atoms with Gasteiger partial charge >= 0.3 is 0 Å². The van der Waals surface area contributed by atoms with Crippen LogP contribution >= 0.6 is 7.92 Å². The maximum Gasteiger partial charge on any atom is 0.217 e. The molecule has 5 rings (SSSR count). The molecule has 0 spiro atoms. The lowest BCUT2D eigenvalue weighted by Crippen LogP contribution is -2.25. The van der Waals surface area contributed by atoms with Gasteiger partial charge in [-0.2, -0.15) is 0 Å². The minimum Gasteiger partial charge on any atom is -0.475 e. The van der Waals surface area contributed by atoms with Crippen molar-refractivity contribution in [3.8, 4) is 0 Å². The Labute approximate surface area is 174 Å². The zero-order valence-electron chi connectivity index (χ0n) is 16.0. The summed E-state index contributed by atoms with van der Waals surface area (Å²) in [6.07, 6.45) is 8.35. The highest BCUT2D eigenvalue weighted by Crippen LogP contribution is 2.36. The Kier molecular flexibility index (Phi) is 5.45. The predicted octanol–water partition coefficient (Wildman–Crippen LogP) is 4.00. The van der Waals surface area contributed by atoms with Crippen LogP contribution in [-0.2, 0) is 4.74 Å². The molecule has 1 heterocycles. The van der Waals surface area contributed by atoms with Crippen LogP contribution < -0.4 is 15.9 Å². The van der Waals surface area contributed by atoms with Crippen LogP contribution in [0.5, 0.6) is 0 Å². The largest absolute Gasteiger partial charge is 0.475 e. The molecule has 2 nitrogen and oxygen atoms in total. The first kappa shape index (κ1) is 18.6. The normalized spacial score (nSPS) is 19.3. The highest BCUT2D eigenvalue weighted by Gasteiger charge is 2.32. The van der Waals surface area contributed by atoms with Crippen LogP contribution in [0.1, 0.15) is 5.56 Å². The first-order valence-corrected chi connectivity index (χ1v) is 11.2. The molecule has 0 amide bonds. The fraction of sp³-hybridized carbons (Fsp3) is 0.0769. The minimum absolute atomic E-state index is 0.0766. The maximum absolute atomic E-state index is 6.10. The van der Waals surface area contributed by atoms with Crippen molar-refractivity contribution in [2.45, 2.75) is 6.04 Å². The quantitative estimate of drug-likeness (QED) is 0.600. The van der Waals surface area contributed by atoms with Crippen molar-refractivity contribution in [2.75, 3.05) is 6.61 Å². The van der Waals surface area contributed by atoms with E-state index in [1.54, 1.807) is 0 Å². The van der Waals surface area contributed by atoms with E-state index in [0.717, 1.165) is 11.5 Å². The molecule has 0 bridgehead atoms. The summed E-state index contributed by atoms with van der Waals surface area (Å²) < 4.78 is 6.10. The third-order valence-corrected chi connectivity index (χ3v) is 7.63. The van der Waals surface area contributed by atoms with Crippen LogP contribution in [0.2, 0.25) is 0 Å². The van der Waals surface area contributed by atoms with Gasteiger partial charge in [-0.1, -0.05) is 78.9 Å². The van der Waals surface area contributed by atoms with Gasteiger partial charge in [0.15, 0.2) is 0 Å². The molecule has 141 valence electrons. The summed E-state index contributed by atoms with van der Waals surface area (Å²) in [5, 5.41) is 3.93. The van der Waals surface area contributed by atoms with E-state index >= 15 is 0 Å². The molecule has 0 aromatic heterocycles. The maximum atomic E-state index is 6.10. The molecule has 0 unspecified atom stereocenters. The Balaban J connectivity index is 1.57. The lowest BCUT2D eigenvalue weighted by molar-refractivity contribution is 0.324. The number of aliphatic imine (C=N–C) groups is 1. The highest BCUT2D eigenvalue weighted by atomic mass is 31.1. The summed E-state index contributed by atoms with van der Waals surface area (Å²) in [6.45, 7) is 0.599. The van der Waals surface area contributed by atoms with Crippen LogP contribution in [0.15, 0.2) is 89.9 Å². The Morgan fingerprint density at radius 1 is 0.724 bits per heavy atom. The molecule has 29 heavy (non-hydrogen) atoms. The molecule has 2 aliphatic rings. The van der Waals surface area contributed by atoms with E-state index < -0.39 is 7.92 Å². The van der Waals surface area contributed by atoms with Crippen LogP contribution in [-0.4, -0.2) is 18.5 Å². The van der Waals surface area contributed by atoms with E-state index in [-0.39, 0.29) is 6.04 Å². The fourth-order valence-electron chi connectivity index (χ4n) is 3.73. The fourth-order valence-corrected chi connectivity index (χ4v) is 6.18. The standard InChI is InChI=1S/C26H21NOP/c1-3-13-21(14-4-1)29(22-15-5-2-6-16-22)25-18-10-9-17-23(25)26-27-24(19-28-26)20-11-7-8-12-20/h1-18,24H,19H2/t24-/m1/s1. The van der Waals surface area contributed by atoms with Gasteiger partial charge in [-0.05, 0) is 55.6 Å². The highest BCUT2D eigenvalue weighted by molar-refractivity contribution is 7.80. The van der Waals surface area contributed by atoms with E-state index in [9.17, 15) is 0 Å². The van der Waals surface area contributed by atoms with E-state index in [1.165, 1.54) is 21.8 Å². The van der Waals surface area contributed by atoms with Crippen molar-refractivity contribution < 1.29 is 4.74 Å². The molecular weight excluding hydrogens is 373 g/mol. The summed E-state index contributed by atoms with van der Waals surface area (Å²) in [5.41, 5.74) is 1.10. The Morgan fingerprint density at radius 3 is 1.97 bits per heavy atom. The first-order chi connectivity index (χ1) is 14.4. The van der Waals surface area contributed by atoms with E-state index in [1.807, 2.05) is 0 Å². The van der Waals surface area contributed by atoms with Crippen LogP contribution in [0.25, 0.3) is 0 Å². The Morgan fingerprint density at radius 2 is 1.31 bits per heavy atom. The molecule has 3 aromatic rings. The second-order valence-corrected chi connectivity index (χ2v) is 9.19. The number of hydrogen-bond acceptors (Lipinski definition) is 2. The van der Waals surface area contributed by atoms with Crippen LogP contribution in [0, 0.1) is 31.6 Å². The van der Waals surface area contributed by atoms with Gasteiger partial charge in [0.05, 0.1) is 6.04 Å². The van der Waals surface area contributed by atoms with Gasteiger partial charge in [0.2, 0.25) is 5.90 Å². The molecule has 3 aromatic carbocycles. The van der Waals surface area contributed by atoms with Gasteiger partial charge in [0.1, 0.15) is 6.61 Å². The van der Waals surface area contributed by atoms with Gasteiger partial charge in [-0.15, -0.1) is 0 Å². The minimum atomic E-state index is -0.703. The van der Waals surface area contributed by atoms with Gasteiger partial charge in [0.25, 0.3) is 0 Å². The van der Waals surface area contributed by atoms with Crippen molar-refractivity contribution in [1.82, 2.24) is 0 Å². The SMILES string of the molecule is [CH]1[CH][CH][C]([C@H]2COC(c3ccccc3P(c3ccccc3)c3ccccc3)=N2)[CH]1. The summed E-state index contributed by atoms with van der Waals surface area (Å²) in [4.78, 5) is 4.94. The molecule has 0 N–H and O–H groups in total. The van der Waals surface area contributed by atoms with E-state index in [4.69, 9.17) is 9.73 Å². The van der Waals surface area contributed by atoms with Crippen LogP contribution in [0.4, 0.5) is 0 Å². The van der Waals surface area contributed by atoms with Crippen molar-refractivity contribution in [3.63, 3.8) is 0 Å². The lowest BCUT2D eigenvalue weighted by Gasteiger charge is -2.22. The van der Waals surface area contributed by atoms with Crippen LogP contribution in [0.3, 0.4) is 0 Å². The smallest absolute Gasteiger partial charge is 0.217 e. The molecular formula is C26H21NOP. The van der Waals surface area contributed by atoms with Gasteiger partial charge in [-0.25, -0.2) is 4.99 Å². The average molecular weight is 394 g/mol. The zero-order valence-corrected chi connectivity index (χ0v) is 16.9. The first-order valence-electron chi connectivity index (χ1n) is 9.82. The van der Waals surface area contributed by atoms with E-state index in [2.05, 4.69) is 111 Å². The molecule has 1 atom stereocenters. The molecule has 1 saturated carbocycles. The van der Waals surface area contributed by atoms with Gasteiger partial charge < -0.3 is 4.74 Å². The predicted molar refractivity (Wildman–Crippen MR) is 122 cm³/mol. The molecule has 1 aliphatic heterocycles. The molecule has 0 saturated heterocycles. The van der Waals surface area contributed by atoms with Crippen molar-refractivity contribution in [2.24, 2.45) is 4.99 Å². The monoisotopic (exact) mass is 394 g/mol. The number of hydrogen-bond donors (Lipinski definition) is 0. The lowest BCUT2D eigenvalue weighted by atomic mass is 10.00. The van der Waals surface area contributed by atoms with Gasteiger partial charge in [-0.3, -0.25) is 0 Å². The Hall–Kier alpha value is -2.44. The summed E-state index contributed by atoms with van der Waals surface area (Å²) in [6, 6.07) is 30.1. The Bertz CT molecular complexity index is 940. The second kappa shape index (κ2) is 8.51. The summed E-state index contributed by atoms with van der Waals surface area (Å²) in [5.74, 6) is 1.97. The molecule has 1 fully saturated rings. The van der Waals surface area contributed by atoms with Gasteiger partial charge in [0, 0.05) is 11.5 Å². The summed E-state index contributed by atoms with van der Waals surface area (Å²) >= 11 is 0. The van der Waals surface area contributed by atoms with E-state index in [0.29, 0.717) is 6.61 Å². The average Bonchev–Trinajstić information content (AvgIpc) is 3.48. The molecule has 1 aliphatic carbocycles. The third kappa shape index (κ3) is 3.87. The number of rotatable bonds is 5. The number of ether oxygens (including phenoxy) is 1. The summed E-state index contributed by atoms with van der Waals surface area (Å²) in [7, 11) is -0.703. The second-order valence-electron chi connectivity index (χ2n) is 7.00. The van der Waals surface area contributed by atoms with Crippen molar-refractivity contribution in [1.29, 1.82) is 0 Å².